The van der Waals surface area contributed by atoms with Gasteiger partial charge in [0.25, 0.3) is 0 Å². The standard InChI is InChI=1S/C46H22N6S/c1-49-34-24-27(25-47)42(46(45(34)50-2)52-35-17-7-3-12-28(35)29-13-4-8-18-36(29)52)30-16-11-20-38(33(30)26-48)51-37-19-9-5-14-31(37)43-39(51)22-23-41-44(43)32-15-6-10-21-40(32)53-41/h3-24H. The first kappa shape index (κ1) is 30.2. The van der Waals surface area contributed by atoms with E-state index in [0.29, 0.717) is 28.1 Å². The molecule has 3 heterocycles. The molecule has 6 nitrogen and oxygen atoms in total. The molecule has 10 rings (SSSR count). The number of hydrogen-bond acceptors (Lipinski definition) is 3. The van der Waals surface area contributed by atoms with Gasteiger partial charge in [0, 0.05) is 58.4 Å². The van der Waals surface area contributed by atoms with Gasteiger partial charge in [-0.1, -0.05) is 84.9 Å². The van der Waals surface area contributed by atoms with Crippen molar-refractivity contribution >= 4 is 86.5 Å². The van der Waals surface area contributed by atoms with Crippen molar-refractivity contribution in [1.82, 2.24) is 9.13 Å². The van der Waals surface area contributed by atoms with Crippen LogP contribution in [0.2, 0.25) is 0 Å². The van der Waals surface area contributed by atoms with Crippen LogP contribution in [0.5, 0.6) is 0 Å². The molecule has 0 fully saturated rings. The summed E-state index contributed by atoms with van der Waals surface area (Å²) < 4.78 is 6.53. The Morgan fingerprint density at radius 1 is 0.547 bits per heavy atom. The van der Waals surface area contributed by atoms with E-state index in [1.54, 1.807) is 11.3 Å². The van der Waals surface area contributed by atoms with E-state index in [0.717, 1.165) is 43.6 Å². The first-order valence-corrected chi connectivity index (χ1v) is 17.7. The van der Waals surface area contributed by atoms with E-state index in [1.165, 1.54) is 26.2 Å². The molecule has 0 bridgehead atoms. The Morgan fingerprint density at radius 3 is 1.85 bits per heavy atom. The van der Waals surface area contributed by atoms with Gasteiger partial charge in [-0.25, -0.2) is 9.69 Å². The number of aromatic nitrogens is 2. The zero-order valence-electron chi connectivity index (χ0n) is 27.8. The van der Waals surface area contributed by atoms with Crippen molar-refractivity contribution < 1.29 is 0 Å². The molecule has 0 atom stereocenters. The van der Waals surface area contributed by atoms with Crippen LogP contribution in [-0.2, 0) is 0 Å². The molecule has 7 heteroatoms. The quantitative estimate of drug-likeness (QED) is 0.173. The van der Waals surface area contributed by atoms with Crippen LogP contribution in [0.4, 0.5) is 11.4 Å². The highest BCUT2D eigenvalue weighted by Gasteiger charge is 2.28. The van der Waals surface area contributed by atoms with Crippen LogP contribution in [0.3, 0.4) is 0 Å². The van der Waals surface area contributed by atoms with Crippen LogP contribution in [-0.4, -0.2) is 9.13 Å². The summed E-state index contributed by atoms with van der Waals surface area (Å²) in [7, 11) is 0. The Morgan fingerprint density at radius 2 is 1.19 bits per heavy atom. The van der Waals surface area contributed by atoms with Crippen LogP contribution in [0.15, 0.2) is 133 Å². The van der Waals surface area contributed by atoms with Gasteiger partial charge in [0.05, 0.1) is 58.2 Å². The lowest BCUT2D eigenvalue weighted by Gasteiger charge is -2.21. The summed E-state index contributed by atoms with van der Waals surface area (Å²) >= 11 is 1.77. The first-order chi connectivity index (χ1) is 26.2. The average molecular weight is 691 g/mol. The molecule has 0 saturated carbocycles. The van der Waals surface area contributed by atoms with Gasteiger partial charge >= 0.3 is 0 Å². The Balaban J connectivity index is 1.36. The van der Waals surface area contributed by atoms with Crippen molar-refractivity contribution in [2.45, 2.75) is 0 Å². The van der Waals surface area contributed by atoms with Crippen LogP contribution in [0.25, 0.3) is 96.0 Å². The summed E-state index contributed by atoms with van der Waals surface area (Å²) in [6.07, 6.45) is 0. The normalized spacial score (nSPS) is 11.3. The number of thiophene rings is 1. The van der Waals surface area contributed by atoms with Crippen molar-refractivity contribution in [2.24, 2.45) is 0 Å². The SMILES string of the molecule is [C-]#[N+]c1cc(C#N)c(-c2cccc(-n3c4ccccc4c4c5c(ccc43)sc3ccccc35)c2C#N)c(-n2c3ccccc3c3ccccc32)c1[N+]#[C-]. The van der Waals surface area contributed by atoms with Crippen LogP contribution in [0.1, 0.15) is 11.1 Å². The van der Waals surface area contributed by atoms with Gasteiger partial charge in [-0.3, -0.25) is 0 Å². The zero-order chi connectivity index (χ0) is 35.8. The smallest absolute Gasteiger partial charge is 0.218 e. The summed E-state index contributed by atoms with van der Waals surface area (Å²) in [5, 5.41) is 28.4. The van der Waals surface area contributed by atoms with Gasteiger partial charge < -0.3 is 9.13 Å². The molecule has 0 saturated heterocycles. The maximum Gasteiger partial charge on any atom is 0.218 e. The third-order valence-corrected chi connectivity index (χ3v) is 11.4. The second-order valence-corrected chi connectivity index (χ2v) is 13.9. The van der Waals surface area contributed by atoms with Gasteiger partial charge in [0.15, 0.2) is 5.69 Å². The van der Waals surface area contributed by atoms with Gasteiger partial charge in [0.2, 0.25) is 5.69 Å². The summed E-state index contributed by atoms with van der Waals surface area (Å²) in [6, 6.07) is 48.9. The molecule has 0 unspecified atom stereocenters. The van der Waals surface area contributed by atoms with E-state index in [9.17, 15) is 10.5 Å². The van der Waals surface area contributed by atoms with E-state index >= 15 is 0 Å². The highest BCUT2D eigenvalue weighted by Crippen LogP contribution is 2.49. The highest BCUT2D eigenvalue weighted by atomic mass is 32.1. The molecule has 0 aliphatic carbocycles. The summed E-state index contributed by atoms with van der Waals surface area (Å²) in [5.41, 5.74) is 6.35. The molecule has 0 aliphatic heterocycles. The fourth-order valence-electron chi connectivity index (χ4n) is 8.17. The molecule has 3 aromatic heterocycles. The summed E-state index contributed by atoms with van der Waals surface area (Å²) in [5.74, 6) is 0. The van der Waals surface area contributed by atoms with Crippen molar-refractivity contribution in [3.05, 3.63) is 167 Å². The van der Waals surface area contributed by atoms with E-state index in [-0.39, 0.29) is 16.9 Å². The first-order valence-electron chi connectivity index (χ1n) is 16.9. The number of nitrogens with zero attached hydrogens (tertiary/aromatic N) is 6. The maximum absolute atomic E-state index is 11.2. The molecular weight excluding hydrogens is 669 g/mol. The predicted molar refractivity (Wildman–Crippen MR) is 215 cm³/mol. The second-order valence-electron chi connectivity index (χ2n) is 12.8. The topological polar surface area (TPSA) is 66.2 Å². The molecule has 53 heavy (non-hydrogen) atoms. The minimum atomic E-state index is 0.0845. The highest BCUT2D eigenvalue weighted by molar-refractivity contribution is 7.26. The number of rotatable bonds is 3. The predicted octanol–water partition coefficient (Wildman–Crippen LogP) is 12.8. The molecule has 10 aromatic rings. The maximum atomic E-state index is 11.2. The van der Waals surface area contributed by atoms with E-state index in [4.69, 9.17) is 13.1 Å². The minimum absolute atomic E-state index is 0.0845. The monoisotopic (exact) mass is 690 g/mol. The molecule has 0 spiro atoms. The summed E-state index contributed by atoms with van der Waals surface area (Å²) in [6.45, 7) is 16.4. The Labute approximate surface area is 307 Å². The van der Waals surface area contributed by atoms with Crippen LogP contribution in [0, 0.1) is 35.8 Å². The zero-order valence-corrected chi connectivity index (χ0v) is 28.6. The largest absolute Gasteiger partial charge is 0.320 e. The minimum Gasteiger partial charge on any atom is -0.320 e. The molecule has 0 radical (unpaired) electrons. The lowest BCUT2D eigenvalue weighted by atomic mass is 9.91. The average Bonchev–Trinajstić information content (AvgIpc) is 3.87. The number of para-hydroxylation sites is 3. The molecule has 242 valence electrons. The summed E-state index contributed by atoms with van der Waals surface area (Å²) in [4.78, 5) is 7.68. The number of fused-ring (bicyclic) bond motifs is 10. The third kappa shape index (κ3) is 4.09. The Bertz CT molecular complexity index is 3350. The van der Waals surface area contributed by atoms with Crippen molar-refractivity contribution in [3.8, 4) is 34.6 Å². The van der Waals surface area contributed by atoms with Gasteiger partial charge in [-0.2, -0.15) is 10.5 Å². The van der Waals surface area contributed by atoms with Crippen molar-refractivity contribution in [3.63, 3.8) is 0 Å². The molecular formula is C46H22N6S. The van der Waals surface area contributed by atoms with E-state index < -0.39 is 0 Å². The Kier molecular flexibility index (Phi) is 6.50. The van der Waals surface area contributed by atoms with Crippen LogP contribution < -0.4 is 0 Å². The van der Waals surface area contributed by atoms with Gasteiger partial charge in [-0.15, -0.1) is 11.3 Å². The van der Waals surface area contributed by atoms with E-state index in [1.807, 2.05) is 83.4 Å². The molecule has 0 N–H and O–H groups in total. The molecule has 7 aromatic carbocycles. The lowest BCUT2D eigenvalue weighted by Crippen LogP contribution is -2.04. The van der Waals surface area contributed by atoms with Crippen LogP contribution >= 0.6 is 11.3 Å². The van der Waals surface area contributed by atoms with Crippen molar-refractivity contribution in [1.29, 1.82) is 10.5 Å². The van der Waals surface area contributed by atoms with Gasteiger partial charge in [-0.05, 0) is 48.5 Å². The van der Waals surface area contributed by atoms with Crippen molar-refractivity contribution in [2.75, 3.05) is 0 Å². The fraction of sp³-hybridized carbons (Fsp3) is 0. The lowest BCUT2D eigenvalue weighted by molar-refractivity contribution is 1.16. The fourth-order valence-corrected chi connectivity index (χ4v) is 9.28. The second kappa shape index (κ2) is 11.4. The number of nitriles is 2. The van der Waals surface area contributed by atoms with Gasteiger partial charge in [0.1, 0.15) is 6.07 Å². The van der Waals surface area contributed by atoms with E-state index in [2.05, 4.69) is 74.9 Å². The molecule has 0 aliphatic rings. The third-order valence-electron chi connectivity index (χ3n) is 10.3. The molecule has 0 amide bonds. The number of hydrogen-bond donors (Lipinski definition) is 0. The Hall–Kier alpha value is -7.68. The number of benzene rings is 7.